The van der Waals surface area contributed by atoms with E-state index in [-0.39, 0.29) is 0 Å². The summed E-state index contributed by atoms with van der Waals surface area (Å²) >= 11 is 0. The van der Waals surface area contributed by atoms with Crippen molar-refractivity contribution in [3.8, 4) is 0 Å². The van der Waals surface area contributed by atoms with Gasteiger partial charge in [-0.2, -0.15) is 0 Å². The molecule has 0 saturated heterocycles. The Morgan fingerprint density at radius 1 is 0.632 bits per heavy atom. The Bertz CT molecular complexity index is 835. The fourth-order valence-corrected chi connectivity index (χ4v) is 3.07. The molecule has 0 spiro atoms. The fourth-order valence-electron chi connectivity index (χ4n) is 3.07. The third-order valence-corrected chi connectivity index (χ3v) is 3.92. The van der Waals surface area contributed by atoms with Crippen LogP contribution >= 0.6 is 0 Å². The van der Waals surface area contributed by atoms with Gasteiger partial charge in [-0.25, -0.2) is 0 Å². The van der Waals surface area contributed by atoms with E-state index in [2.05, 4.69) is 72.8 Å². The zero-order valence-corrected chi connectivity index (χ0v) is 10.6. The molecule has 1 aliphatic rings. The van der Waals surface area contributed by atoms with Gasteiger partial charge in [0.2, 0.25) is 0 Å². The van der Waals surface area contributed by atoms with Crippen LogP contribution in [0.15, 0.2) is 66.8 Å². The lowest BCUT2D eigenvalue weighted by Crippen LogP contribution is -1.92. The van der Waals surface area contributed by atoms with Gasteiger partial charge in [0.25, 0.3) is 0 Å². The summed E-state index contributed by atoms with van der Waals surface area (Å²) in [5, 5.41) is 5.45. The molecule has 1 aliphatic carbocycles. The average molecular weight is 242 g/mol. The van der Waals surface area contributed by atoms with Crippen molar-refractivity contribution in [3.63, 3.8) is 0 Å². The molecule has 90 valence electrons. The van der Waals surface area contributed by atoms with Gasteiger partial charge in [0.15, 0.2) is 0 Å². The molecule has 0 heterocycles. The van der Waals surface area contributed by atoms with E-state index >= 15 is 0 Å². The molecule has 0 aromatic heterocycles. The third kappa shape index (κ3) is 1.53. The minimum absolute atomic E-state index is 1.01. The lowest BCUT2D eigenvalue weighted by molar-refractivity contribution is 1.31. The highest BCUT2D eigenvalue weighted by molar-refractivity contribution is 6.12. The van der Waals surface area contributed by atoms with E-state index in [9.17, 15) is 0 Å². The molecule has 0 unspecified atom stereocenters. The van der Waals surface area contributed by atoms with Crippen molar-refractivity contribution in [3.05, 3.63) is 77.9 Å². The Balaban J connectivity index is 2.30. The monoisotopic (exact) mass is 242 g/mol. The van der Waals surface area contributed by atoms with Gasteiger partial charge in [-0.05, 0) is 39.1 Å². The molecule has 0 radical (unpaired) electrons. The Morgan fingerprint density at radius 2 is 1.26 bits per heavy atom. The number of hydrogen-bond donors (Lipinski definition) is 0. The standard InChI is InChI=1S/C19H14/c1-2-8-14-15(9-3-1)17-11-5-7-13-19(17)18-12-6-4-10-16(14)18/h1-8,10-13H,9H2. The number of rotatable bonds is 0. The van der Waals surface area contributed by atoms with Gasteiger partial charge in [0, 0.05) is 0 Å². The number of hydrogen-bond acceptors (Lipinski definition) is 0. The van der Waals surface area contributed by atoms with Gasteiger partial charge in [0.1, 0.15) is 0 Å². The summed E-state index contributed by atoms with van der Waals surface area (Å²) < 4.78 is 0. The van der Waals surface area contributed by atoms with Crippen LogP contribution in [0.4, 0.5) is 0 Å². The highest BCUT2D eigenvalue weighted by Gasteiger charge is 2.11. The molecule has 0 saturated carbocycles. The van der Waals surface area contributed by atoms with Gasteiger partial charge < -0.3 is 0 Å². The molecule has 0 heteroatoms. The summed E-state index contributed by atoms with van der Waals surface area (Å²) in [6.45, 7) is 0. The molecular weight excluding hydrogens is 228 g/mol. The molecular formula is C19H14. The topological polar surface area (TPSA) is 0 Å². The zero-order valence-electron chi connectivity index (χ0n) is 10.6. The number of benzene rings is 3. The summed E-state index contributed by atoms with van der Waals surface area (Å²) in [5.74, 6) is 0. The Morgan fingerprint density at radius 3 is 2.05 bits per heavy atom. The highest BCUT2D eigenvalue weighted by Crippen LogP contribution is 2.34. The van der Waals surface area contributed by atoms with Gasteiger partial charge in [-0.1, -0.05) is 72.8 Å². The first kappa shape index (κ1) is 10.6. The average Bonchev–Trinajstić information content (AvgIpc) is 2.73. The summed E-state index contributed by atoms with van der Waals surface area (Å²) in [4.78, 5) is 0. The SMILES string of the molecule is C1=CCc2c(c3ccccc3c3ccccc23)C=C1. The van der Waals surface area contributed by atoms with E-state index < -0.39 is 0 Å². The van der Waals surface area contributed by atoms with Gasteiger partial charge in [0.05, 0.1) is 0 Å². The van der Waals surface area contributed by atoms with Gasteiger partial charge in [-0.3, -0.25) is 0 Å². The van der Waals surface area contributed by atoms with Crippen molar-refractivity contribution in [2.45, 2.75) is 6.42 Å². The van der Waals surface area contributed by atoms with Crippen molar-refractivity contribution in [1.82, 2.24) is 0 Å². The van der Waals surface area contributed by atoms with Crippen LogP contribution in [0.2, 0.25) is 0 Å². The molecule has 0 atom stereocenters. The molecule has 0 bridgehead atoms. The molecule has 0 amide bonds. The molecule has 3 aromatic carbocycles. The largest absolute Gasteiger partial charge is 0.0801 e. The van der Waals surface area contributed by atoms with Crippen LogP contribution in [-0.2, 0) is 6.42 Å². The normalized spacial score (nSPS) is 13.7. The molecule has 0 nitrogen and oxygen atoms in total. The minimum atomic E-state index is 1.01. The third-order valence-electron chi connectivity index (χ3n) is 3.92. The zero-order chi connectivity index (χ0) is 12.7. The molecule has 0 fully saturated rings. The lowest BCUT2D eigenvalue weighted by Gasteiger charge is -2.13. The smallest absolute Gasteiger partial charge is 0.00820 e. The van der Waals surface area contributed by atoms with Crippen molar-refractivity contribution in [2.24, 2.45) is 0 Å². The maximum atomic E-state index is 2.24. The highest BCUT2D eigenvalue weighted by atomic mass is 14.1. The summed E-state index contributed by atoms with van der Waals surface area (Å²) in [5.41, 5.74) is 2.82. The van der Waals surface area contributed by atoms with E-state index in [4.69, 9.17) is 0 Å². The predicted molar refractivity (Wildman–Crippen MR) is 83.3 cm³/mol. The van der Waals surface area contributed by atoms with E-state index in [0.29, 0.717) is 0 Å². The molecule has 19 heavy (non-hydrogen) atoms. The molecule has 0 aliphatic heterocycles. The van der Waals surface area contributed by atoms with Crippen molar-refractivity contribution in [1.29, 1.82) is 0 Å². The first-order valence-electron chi connectivity index (χ1n) is 6.71. The molecule has 0 N–H and O–H groups in total. The van der Waals surface area contributed by atoms with E-state index in [1.807, 2.05) is 0 Å². The van der Waals surface area contributed by atoms with Crippen molar-refractivity contribution < 1.29 is 0 Å². The van der Waals surface area contributed by atoms with Gasteiger partial charge >= 0.3 is 0 Å². The minimum Gasteiger partial charge on any atom is -0.0801 e. The maximum absolute atomic E-state index is 2.24. The summed E-state index contributed by atoms with van der Waals surface area (Å²) in [6.07, 6.45) is 9.78. The van der Waals surface area contributed by atoms with Crippen molar-refractivity contribution in [2.75, 3.05) is 0 Å². The van der Waals surface area contributed by atoms with Crippen LogP contribution in [-0.4, -0.2) is 0 Å². The second-order valence-electron chi connectivity index (χ2n) is 4.97. The first-order valence-corrected chi connectivity index (χ1v) is 6.71. The summed E-state index contributed by atoms with van der Waals surface area (Å²) in [7, 11) is 0. The fraction of sp³-hybridized carbons (Fsp3) is 0.0526. The van der Waals surface area contributed by atoms with Crippen LogP contribution < -0.4 is 0 Å². The Labute approximate surface area is 112 Å². The van der Waals surface area contributed by atoms with E-state index in [1.165, 1.54) is 32.7 Å². The Kier molecular flexibility index (Phi) is 2.28. The Hall–Kier alpha value is -2.34. The van der Waals surface area contributed by atoms with E-state index in [0.717, 1.165) is 6.42 Å². The second-order valence-corrected chi connectivity index (χ2v) is 4.97. The summed E-state index contributed by atoms with van der Waals surface area (Å²) in [6, 6.07) is 17.5. The van der Waals surface area contributed by atoms with Crippen LogP contribution in [0.5, 0.6) is 0 Å². The lowest BCUT2D eigenvalue weighted by atomic mass is 9.90. The van der Waals surface area contributed by atoms with Crippen LogP contribution in [0.1, 0.15) is 11.1 Å². The quantitative estimate of drug-likeness (QED) is 0.480. The molecule has 3 aromatic rings. The van der Waals surface area contributed by atoms with Crippen LogP contribution in [0.25, 0.3) is 27.6 Å². The van der Waals surface area contributed by atoms with Crippen molar-refractivity contribution >= 4 is 27.6 Å². The second kappa shape index (κ2) is 4.10. The number of allylic oxidation sites excluding steroid dienone is 3. The van der Waals surface area contributed by atoms with E-state index in [1.54, 1.807) is 0 Å². The van der Waals surface area contributed by atoms with Gasteiger partial charge in [-0.15, -0.1) is 0 Å². The molecule has 4 rings (SSSR count). The predicted octanol–water partition coefficient (Wildman–Crippen LogP) is 5.12. The first-order chi connectivity index (χ1) is 9.45. The number of fused-ring (bicyclic) bond motifs is 6. The maximum Gasteiger partial charge on any atom is -0.00820 e. The van der Waals surface area contributed by atoms with Crippen LogP contribution in [0.3, 0.4) is 0 Å². The van der Waals surface area contributed by atoms with Crippen LogP contribution in [0, 0.1) is 0 Å².